The number of hydrogen-bond donors (Lipinski definition) is 6. The summed E-state index contributed by atoms with van der Waals surface area (Å²) in [4.78, 5) is 8.56. The molecule has 0 aliphatic rings. The molecule has 0 aromatic rings. The van der Waals surface area contributed by atoms with Crippen LogP contribution < -0.4 is 11.5 Å². The van der Waals surface area contributed by atoms with Crippen LogP contribution in [0, 0.1) is 0 Å². The van der Waals surface area contributed by atoms with E-state index in [1.54, 1.807) is 0 Å². The summed E-state index contributed by atoms with van der Waals surface area (Å²) in [6, 6.07) is 0. The van der Waals surface area contributed by atoms with Crippen molar-refractivity contribution < 1.29 is 25.2 Å². The first-order valence-electron chi connectivity index (χ1n) is 4.10. The Hall–Kier alpha value is -0.890. The number of hydrogen-bond acceptors (Lipinski definition) is 5. The molecule has 0 aromatic carbocycles. The van der Waals surface area contributed by atoms with Crippen molar-refractivity contribution in [3.05, 3.63) is 0 Å². The standard InChI is InChI=1S/2C3H9NO.CH2O3/c2*4-2-1-3-5;2-1(3)4/h2*5H,1-4H2;(H2,2,3,4). The second kappa shape index (κ2) is 22.7. The van der Waals surface area contributed by atoms with Crippen molar-refractivity contribution in [1.82, 2.24) is 0 Å². The van der Waals surface area contributed by atoms with Gasteiger partial charge in [0.05, 0.1) is 0 Å². The van der Waals surface area contributed by atoms with Crippen molar-refractivity contribution in [3.8, 4) is 0 Å². The van der Waals surface area contributed by atoms with Gasteiger partial charge in [0.1, 0.15) is 0 Å². The zero-order valence-electron chi connectivity index (χ0n) is 8.09. The summed E-state index contributed by atoms with van der Waals surface area (Å²) >= 11 is 0. The number of aliphatic hydroxyl groups excluding tert-OH is 2. The van der Waals surface area contributed by atoms with Crippen molar-refractivity contribution in [2.24, 2.45) is 11.5 Å². The highest BCUT2D eigenvalue weighted by Crippen LogP contribution is 1.62. The van der Waals surface area contributed by atoms with E-state index in [1.807, 2.05) is 0 Å². The van der Waals surface area contributed by atoms with E-state index in [0.29, 0.717) is 13.1 Å². The van der Waals surface area contributed by atoms with E-state index in [-0.39, 0.29) is 13.2 Å². The van der Waals surface area contributed by atoms with Crippen LogP contribution in [0.3, 0.4) is 0 Å². The number of aliphatic hydroxyl groups is 2. The Bertz CT molecular complexity index is 88.1. The SMILES string of the molecule is NCCCO.NCCCO.O=C(O)O. The summed E-state index contributed by atoms with van der Waals surface area (Å²) in [5.74, 6) is 0. The maximum Gasteiger partial charge on any atom is 0.503 e. The molecule has 0 saturated heterocycles. The quantitative estimate of drug-likeness (QED) is 0.345. The van der Waals surface area contributed by atoms with Crippen LogP contribution in [0.2, 0.25) is 0 Å². The topological polar surface area (TPSA) is 150 Å². The predicted octanol–water partition coefficient (Wildman–Crippen LogP) is -1.12. The molecule has 8 N–H and O–H groups in total. The third kappa shape index (κ3) is 117. The van der Waals surface area contributed by atoms with E-state index in [9.17, 15) is 0 Å². The van der Waals surface area contributed by atoms with Crippen LogP contribution in [0.4, 0.5) is 4.79 Å². The highest BCUT2D eigenvalue weighted by Gasteiger charge is 1.70. The minimum absolute atomic E-state index is 0.219. The molecule has 7 nitrogen and oxygen atoms in total. The van der Waals surface area contributed by atoms with Gasteiger partial charge in [0, 0.05) is 13.2 Å². The molecule has 0 atom stereocenters. The maximum atomic E-state index is 8.56. The third-order valence-electron chi connectivity index (χ3n) is 0.724. The Morgan fingerprint density at radius 3 is 1.14 bits per heavy atom. The fraction of sp³-hybridized carbons (Fsp3) is 0.857. The summed E-state index contributed by atoms with van der Waals surface area (Å²) in [5, 5.41) is 29.9. The van der Waals surface area contributed by atoms with Gasteiger partial charge >= 0.3 is 6.16 Å². The van der Waals surface area contributed by atoms with E-state index in [2.05, 4.69) is 0 Å². The molecule has 0 radical (unpaired) electrons. The predicted molar refractivity (Wildman–Crippen MR) is 52.2 cm³/mol. The smallest absolute Gasteiger partial charge is 0.450 e. The molecule has 0 spiro atoms. The highest BCUT2D eigenvalue weighted by atomic mass is 16.6. The minimum atomic E-state index is -1.83. The van der Waals surface area contributed by atoms with E-state index in [0.717, 1.165) is 12.8 Å². The Balaban J connectivity index is -0.000000131. The van der Waals surface area contributed by atoms with Gasteiger partial charge in [0.2, 0.25) is 0 Å². The zero-order chi connectivity index (χ0) is 11.8. The van der Waals surface area contributed by atoms with Crippen molar-refractivity contribution in [1.29, 1.82) is 0 Å². The van der Waals surface area contributed by atoms with E-state index in [1.165, 1.54) is 0 Å². The number of carbonyl (C=O) groups is 1. The molecule has 0 rings (SSSR count). The van der Waals surface area contributed by atoms with Gasteiger partial charge in [-0.1, -0.05) is 0 Å². The molecule has 0 saturated carbocycles. The van der Waals surface area contributed by atoms with Crippen molar-refractivity contribution >= 4 is 6.16 Å². The molecule has 88 valence electrons. The fourth-order valence-electron chi connectivity index (χ4n) is 0.183. The van der Waals surface area contributed by atoms with Gasteiger partial charge in [-0.25, -0.2) is 4.79 Å². The molecular weight excluding hydrogens is 192 g/mol. The third-order valence-corrected chi connectivity index (χ3v) is 0.724. The maximum absolute atomic E-state index is 8.56. The van der Waals surface area contributed by atoms with Crippen LogP contribution in [-0.4, -0.2) is 52.9 Å². The molecule has 0 bridgehead atoms. The first-order valence-corrected chi connectivity index (χ1v) is 4.10. The lowest BCUT2D eigenvalue weighted by Crippen LogP contribution is -1.99. The zero-order valence-corrected chi connectivity index (χ0v) is 8.09. The van der Waals surface area contributed by atoms with E-state index in [4.69, 9.17) is 36.7 Å². The molecule has 7 heteroatoms. The number of nitrogens with two attached hydrogens (primary N) is 2. The molecule has 0 unspecified atom stereocenters. The minimum Gasteiger partial charge on any atom is -0.450 e. The first-order chi connectivity index (χ1) is 6.56. The monoisotopic (exact) mass is 212 g/mol. The van der Waals surface area contributed by atoms with Gasteiger partial charge in [-0.15, -0.1) is 0 Å². The van der Waals surface area contributed by atoms with Crippen LogP contribution in [0.25, 0.3) is 0 Å². The van der Waals surface area contributed by atoms with Crippen LogP contribution in [0.1, 0.15) is 12.8 Å². The largest absolute Gasteiger partial charge is 0.503 e. The fourth-order valence-corrected chi connectivity index (χ4v) is 0.183. The summed E-state index contributed by atoms with van der Waals surface area (Å²) in [6.07, 6.45) is -0.389. The van der Waals surface area contributed by atoms with Crippen LogP contribution in [0.15, 0.2) is 0 Å². The second-order valence-corrected chi connectivity index (χ2v) is 2.01. The Morgan fingerprint density at radius 1 is 0.929 bits per heavy atom. The summed E-state index contributed by atoms with van der Waals surface area (Å²) in [5.41, 5.74) is 9.96. The van der Waals surface area contributed by atoms with Crippen molar-refractivity contribution in [3.63, 3.8) is 0 Å². The lowest BCUT2D eigenvalue weighted by Gasteiger charge is -1.80. The van der Waals surface area contributed by atoms with Crippen LogP contribution >= 0.6 is 0 Å². The molecule has 0 heterocycles. The van der Waals surface area contributed by atoms with Gasteiger partial charge in [-0.2, -0.15) is 0 Å². The lowest BCUT2D eigenvalue weighted by molar-refractivity contribution is 0.137. The summed E-state index contributed by atoms with van der Waals surface area (Å²) in [6.45, 7) is 1.62. The summed E-state index contributed by atoms with van der Waals surface area (Å²) in [7, 11) is 0. The number of rotatable bonds is 4. The highest BCUT2D eigenvalue weighted by molar-refractivity contribution is 5.53. The van der Waals surface area contributed by atoms with E-state index >= 15 is 0 Å². The van der Waals surface area contributed by atoms with Gasteiger partial charge in [0.25, 0.3) is 0 Å². The molecular formula is C7H20N2O5. The number of carboxylic acid groups (broad SMARTS) is 2. The molecule has 0 fully saturated rings. The van der Waals surface area contributed by atoms with E-state index < -0.39 is 6.16 Å². The lowest BCUT2D eigenvalue weighted by atomic mass is 10.5. The van der Waals surface area contributed by atoms with Crippen molar-refractivity contribution in [2.45, 2.75) is 12.8 Å². The molecule has 0 aliphatic carbocycles. The molecule has 0 aliphatic heterocycles. The van der Waals surface area contributed by atoms with Gasteiger partial charge in [-0.05, 0) is 25.9 Å². The average molecular weight is 212 g/mol. The Kier molecular flexibility index (Phi) is 30.5. The van der Waals surface area contributed by atoms with Gasteiger partial charge < -0.3 is 31.9 Å². The Labute approximate surface area is 83.0 Å². The first kappa shape index (κ1) is 18.8. The molecule has 0 aromatic heterocycles. The van der Waals surface area contributed by atoms with Crippen LogP contribution in [-0.2, 0) is 0 Å². The summed E-state index contributed by atoms with van der Waals surface area (Å²) < 4.78 is 0. The average Bonchev–Trinajstić information content (AvgIpc) is 2.07. The van der Waals surface area contributed by atoms with Crippen LogP contribution in [0.5, 0.6) is 0 Å². The second-order valence-electron chi connectivity index (χ2n) is 2.01. The molecule has 0 amide bonds. The normalized spacial score (nSPS) is 7.71. The Morgan fingerprint density at radius 2 is 1.14 bits per heavy atom. The molecule has 14 heavy (non-hydrogen) atoms. The van der Waals surface area contributed by atoms with Crippen molar-refractivity contribution in [2.75, 3.05) is 26.3 Å². The van der Waals surface area contributed by atoms with Gasteiger partial charge in [0.15, 0.2) is 0 Å². The van der Waals surface area contributed by atoms with Gasteiger partial charge in [-0.3, -0.25) is 0 Å².